The highest BCUT2D eigenvalue weighted by Gasteiger charge is 2.39. The molecule has 0 N–H and O–H groups in total. The second-order valence-electron chi connectivity index (χ2n) is 4.84. The minimum absolute atomic E-state index is 0.0220. The summed E-state index contributed by atoms with van der Waals surface area (Å²) in [5.41, 5.74) is -0.161. The Hall–Kier alpha value is -1.49. The highest BCUT2D eigenvalue weighted by atomic mass is 35.5. The van der Waals surface area contributed by atoms with Crippen molar-refractivity contribution in [1.29, 1.82) is 0 Å². The quantitative estimate of drug-likeness (QED) is 0.795. The van der Waals surface area contributed by atoms with Crippen molar-refractivity contribution in [1.82, 2.24) is 4.98 Å². The standard InChI is InChI=1S/C14H11ClF3NO/c1-20-8-4-5-10-9(6-8)11(14(16,17)18)12(15)13(19-10)7-2-3-7/h4-7H,2-3H2,1H3. The van der Waals surface area contributed by atoms with Crippen LogP contribution in [0.4, 0.5) is 13.2 Å². The van der Waals surface area contributed by atoms with Gasteiger partial charge in [0, 0.05) is 11.3 Å². The molecule has 1 aromatic heterocycles. The molecule has 1 fully saturated rings. The molecule has 2 aromatic rings. The lowest BCUT2D eigenvalue weighted by molar-refractivity contribution is -0.136. The zero-order valence-electron chi connectivity index (χ0n) is 10.6. The average Bonchev–Trinajstić information content (AvgIpc) is 3.19. The van der Waals surface area contributed by atoms with E-state index >= 15 is 0 Å². The molecule has 0 aliphatic heterocycles. The van der Waals surface area contributed by atoms with Gasteiger partial charge in [0.2, 0.25) is 0 Å². The largest absolute Gasteiger partial charge is 0.497 e. The van der Waals surface area contributed by atoms with Crippen molar-refractivity contribution in [2.75, 3.05) is 7.11 Å². The van der Waals surface area contributed by atoms with Crippen molar-refractivity contribution in [3.8, 4) is 5.75 Å². The molecule has 0 radical (unpaired) electrons. The molecular weight excluding hydrogens is 291 g/mol. The third-order valence-electron chi connectivity index (χ3n) is 3.41. The Morgan fingerprint density at radius 3 is 2.55 bits per heavy atom. The molecule has 1 aliphatic rings. The Labute approximate surface area is 118 Å². The number of hydrogen-bond donors (Lipinski definition) is 0. The van der Waals surface area contributed by atoms with E-state index in [1.54, 1.807) is 6.07 Å². The molecule has 1 heterocycles. The molecule has 2 nitrogen and oxygen atoms in total. The highest BCUT2D eigenvalue weighted by Crippen LogP contribution is 2.48. The Balaban J connectivity index is 2.35. The van der Waals surface area contributed by atoms with E-state index < -0.39 is 11.7 Å². The van der Waals surface area contributed by atoms with E-state index in [1.807, 2.05) is 0 Å². The smallest absolute Gasteiger partial charge is 0.418 e. The minimum Gasteiger partial charge on any atom is -0.497 e. The molecule has 0 amide bonds. The predicted octanol–water partition coefficient (Wildman–Crippen LogP) is 4.79. The van der Waals surface area contributed by atoms with Gasteiger partial charge in [0.05, 0.1) is 28.9 Å². The molecule has 3 rings (SSSR count). The van der Waals surface area contributed by atoms with Crippen LogP contribution in [0.3, 0.4) is 0 Å². The number of fused-ring (bicyclic) bond motifs is 1. The van der Waals surface area contributed by atoms with E-state index in [9.17, 15) is 13.2 Å². The number of methoxy groups -OCH3 is 1. The van der Waals surface area contributed by atoms with Gasteiger partial charge in [-0.05, 0) is 31.0 Å². The van der Waals surface area contributed by atoms with Gasteiger partial charge in [0.15, 0.2) is 0 Å². The maximum Gasteiger partial charge on any atom is 0.418 e. The van der Waals surface area contributed by atoms with Gasteiger partial charge < -0.3 is 4.74 Å². The Morgan fingerprint density at radius 2 is 2.00 bits per heavy atom. The highest BCUT2D eigenvalue weighted by molar-refractivity contribution is 6.33. The Morgan fingerprint density at radius 1 is 1.30 bits per heavy atom. The van der Waals surface area contributed by atoms with Gasteiger partial charge >= 0.3 is 6.18 Å². The number of hydrogen-bond acceptors (Lipinski definition) is 2. The van der Waals surface area contributed by atoms with Crippen molar-refractivity contribution in [3.05, 3.63) is 34.5 Å². The summed E-state index contributed by atoms with van der Waals surface area (Å²) in [6, 6.07) is 4.46. The third-order valence-corrected chi connectivity index (χ3v) is 3.79. The van der Waals surface area contributed by atoms with Crippen LogP contribution < -0.4 is 4.74 Å². The van der Waals surface area contributed by atoms with E-state index in [-0.39, 0.29) is 16.3 Å². The molecule has 20 heavy (non-hydrogen) atoms. The van der Waals surface area contributed by atoms with Gasteiger partial charge in [-0.25, -0.2) is 0 Å². The van der Waals surface area contributed by atoms with E-state index in [1.165, 1.54) is 19.2 Å². The summed E-state index contributed by atoms with van der Waals surface area (Å²) < 4.78 is 45.0. The van der Waals surface area contributed by atoms with E-state index in [4.69, 9.17) is 16.3 Å². The van der Waals surface area contributed by atoms with Crippen molar-refractivity contribution in [2.24, 2.45) is 0 Å². The number of alkyl halides is 3. The van der Waals surface area contributed by atoms with Gasteiger partial charge in [0.25, 0.3) is 0 Å². The van der Waals surface area contributed by atoms with Crippen LogP contribution in [0, 0.1) is 0 Å². The zero-order valence-corrected chi connectivity index (χ0v) is 11.3. The summed E-state index contributed by atoms with van der Waals surface area (Å²) in [7, 11) is 1.40. The molecule has 0 atom stereocenters. The number of nitrogens with zero attached hydrogens (tertiary/aromatic N) is 1. The summed E-state index contributed by atoms with van der Waals surface area (Å²) >= 11 is 5.98. The first-order valence-corrected chi connectivity index (χ1v) is 6.54. The monoisotopic (exact) mass is 301 g/mol. The molecule has 0 spiro atoms. The fraction of sp³-hybridized carbons (Fsp3) is 0.357. The maximum atomic E-state index is 13.3. The molecule has 1 aromatic carbocycles. The van der Waals surface area contributed by atoms with Crippen molar-refractivity contribution in [2.45, 2.75) is 24.9 Å². The van der Waals surface area contributed by atoms with Gasteiger partial charge in [-0.2, -0.15) is 13.2 Å². The fourth-order valence-electron chi connectivity index (χ4n) is 2.27. The predicted molar refractivity (Wildman–Crippen MR) is 70.3 cm³/mol. The van der Waals surface area contributed by atoms with E-state index in [0.717, 1.165) is 12.8 Å². The van der Waals surface area contributed by atoms with Crippen molar-refractivity contribution >= 4 is 22.5 Å². The first kappa shape index (κ1) is 13.5. The van der Waals surface area contributed by atoms with E-state index in [0.29, 0.717) is 17.0 Å². The number of ether oxygens (including phenoxy) is 1. The molecule has 0 bridgehead atoms. The summed E-state index contributed by atoms with van der Waals surface area (Å²) in [4.78, 5) is 4.30. The number of aromatic nitrogens is 1. The lowest BCUT2D eigenvalue weighted by Crippen LogP contribution is -2.10. The lowest BCUT2D eigenvalue weighted by Gasteiger charge is -2.15. The Bertz CT molecular complexity index is 680. The van der Waals surface area contributed by atoms with Crippen LogP contribution in [0.1, 0.15) is 30.0 Å². The van der Waals surface area contributed by atoms with Crippen LogP contribution in [0.25, 0.3) is 10.9 Å². The molecule has 1 aliphatic carbocycles. The topological polar surface area (TPSA) is 22.1 Å². The zero-order chi connectivity index (χ0) is 14.5. The van der Waals surface area contributed by atoms with Crippen LogP contribution in [0.15, 0.2) is 18.2 Å². The summed E-state index contributed by atoms with van der Waals surface area (Å²) in [6.07, 6.45) is -2.84. The van der Waals surface area contributed by atoms with E-state index in [2.05, 4.69) is 4.98 Å². The second-order valence-corrected chi connectivity index (χ2v) is 5.22. The van der Waals surface area contributed by atoms with Crippen LogP contribution in [-0.2, 0) is 6.18 Å². The van der Waals surface area contributed by atoms with Crippen LogP contribution in [0.5, 0.6) is 5.75 Å². The van der Waals surface area contributed by atoms with Crippen LogP contribution in [0.2, 0.25) is 5.02 Å². The van der Waals surface area contributed by atoms with Crippen molar-refractivity contribution in [3.63, 3.8) is 0 Å². The lowest BCUT2D eigenvalue weighted by atomic mass is 10.0. The average molecular weight is 302 g/mol. The second kappa shape index (κ2) is 4.52. The number of pyridine rings is 1. The van der Waals surface area contributed by atoms with Gasteiger partial charge in [-0.3, -0.25) is 4.98 Å². The maximum absolute atomic E-state index is 13.3. The molecule has 6 heteroatoms. The molecule has 106 valence electrons. The first-order chi connectivity index (χ1) is 9.41. The number of rotatable bonds is 2. The molecule has 1 saturated carbocycles. The fourth-order valence-corrected chi connectivity index (χ4v) is 2.67. The first-order valence-electron chi connectivity index (χ1n) is 6.16. The summed E-state index contributed by atoms with van der Waals surface area (Å²) in [5, 5.41) is -0.299. The molecule has 0 unspecified atom stereocenters. The molecule has 0 saturated heterocycles. The van der Waals surface area contributed by atoms with Gasteiger partial charge in [0.1, 0.15) is 5.75 Å². The normalized spacial score (nSPS) is 15.7. The minimum atomic E-state index is -4.52. The SMILES string of the molecule is COc1ccc2nc(C3CC3)c(Cl)c(C(F)(F)F)c2c1. The summed E-state index contributed by atoms with van der Waals surface area (Å²) in [6.45, 7) is 0. The van der Waals surface area contributed by atoms with Crippen molar-refractivity contribution < 1.29 is 17.9 Å². The third kappa shape index (κ3) is 2.20. The molecular formula is C14H11ClF3NO. The van der Waals surface area contributed by atoms with Gasteiger partial charge in [-0.1, -0.05) is 11.6 Å². The van der Waals surface area contributed by atoms with Crippen LogP contribution >= 0.6 is 11.6 Å². The number of halogens is 4. The summed E-state index contributed by atoms with van der Waals surface area (Å²) in [5.74, 6) is 0.398. The number of benzene rings is 1. The van der Waals surface area contributed by atoms with Crippen LogP contribution in [-0.4, -0.2) is 12.1 Å². The Kier molecular flexibility index (Phi) is 3.05. The van der Waals surface area contributed by atoms with Gasteiger partial charge in [-0.15, -0.1) is 0 Å².